The number of benzene rings is 1. The lowest BCUT2D eigenvalue weighted by Crippen LogP contribution is -3.00. The van der Waals surface area contributed by atoms with Gasteiger partial charge in [-0.3, -0.25) is 0 Å². The maximum atomic E-state index is 3.40. The number of fused-ring (bicyclic) bond motifs is 3. The Hall–Kier alpha value is -1.28. The molecule has 2 N–H and O–H groups in total. The molecule has 0 amide bonds. The predicted octanol–water partition coefficient (Wildman–Crippen LogP) is -2.77. The van der Waals surface area contributed by atoms with E-state index in [4.69, 9.17) is 0 Å². The second-order valence-electron chi connectivity index (χ2n) is 3.41. The van der Waals surface area contributed by atoms with E-state index in [0.29, 0.717) is 0 Å². The van der Waals surface area contributed by atoms with E-state index in [2.05, 4.69) is 40.5 Å². The highest BCUT2D eigenvalue weighted by Gasteiger charge is 2.14. The molecule has 2 aromatic rings. The number of aromatic amines is 1. The number of hydrogen-bond acceptors (Lipinski definition) is 0. The molecule has 0 bridgehead atoms. The third-order valence-electron chi connectivity index (χ3n) is 2.61. The largest absolute Gasteiger partial charge is 1.00 e. The van der Waals surface area contributed by atoms with Crippen molar-refractivity contribution in [1.82, 2.24) is 4.98 Å². The molecule has 1 aliphatic rings. The molecule has 1 aromatic heterocycles. The Balaban J connectivity index is 0.000000750. The van der Waals surface area contributed by atoms with Crippen LogP contribution in [0.1, 0.15) is 11.3 Å². The minimum Gasteiger partial charge on any atom is -1.00 e. The number of H-pyrrole nitrogens is 1. The van der Waals surface area contributed by atoms with Crippen molar-refractivity contribution in [2.45, 2.75) is 6.42 Å². The van der Waals surface area contributed by atoms with Crippen LogP contribution >= 0.6 is 0 Å². The maximum Gasteiger partial charge on any atom is 0.185 e. The standard InChI is InChI=1S/C11H10N2.ClH/c1-2-4-10-8(3-1)9-5-6-12-7-11(9)13-10;/h1-4,7,13H,5-6H2;1H. The van der Waals surface area contributed by atoms with Gasteiger partial charge in [0.25, 0.3) is 0 Å². The normalized spacial score (nSPS) is 13.7. The lowest BCUT2D eigenvalue weighted by molar-refractivity contribution is -0.452. The van der Waals surface area contributed by atoms with Gasteiger partial charge in [0.1, 0.15) is 12.2 Å². The molecule has 0 fully saturated rings. The first-order chi connectivity index (χ1) is 6.45. The fourth-order valence-corrected chi connectivity index (χ4v) is 1.98. The Bertz CT molecular complexity index is 485. The van der Waals surface area contributed by atoms with Crippen molar-refractivity contribution < 1.29 is 17.4 Å². The zero-order valence-corrected chi connectivity index (χ0v) is 8.43. The molecule has 0 unspecified atom stereocenters. The van der Waals surface area contributed by atoms with Crippen molar-refractivity contribution in [1.29, 1.82) is 0 Å². The van der Waals surface area contributed by atoms with Gasteiger partial charge in [-0.1, -0.05) is 18.2 Å². The number of hydrogen-bond donors (Lipinski definition) is 2. The number of halogens is 1. The van der Waals surface area contributed by atoms with Crippen molar-refractivity contribution >= 4 is 17.1 Å². The number of rotatable bonds is 0. The smallest absolute Gasteiger partial charge is 0.185 e. The molecule has 0 radical (unpaired) electrons. The second-order valence-corrected chi connectivity index (χ2v) is 3.41. The molecular weight excluding hydrogens is 196 g/mol. The summed E-state index contributed by atoms with van der Waals surface area (Å²) in [5.74, 6) is 0. The fraction of sp³-hybridized carbons (Fsp3) is 0.182. The van der Waals surface area contributed by atoms with Gasteiger partial charge in [0.2, 0.25) is 0 Å². The van der Waals surface area contributed by atoms with Crippen LogP contribution in [0.2, 0.25) is 0 Å². The van der Waals surface area contributed by atoms with E-state index in [1.165, 1.54) is 22.2 Å². The summed E-state index contributed by atoms with van der Waals surface area (Å²) >= 11 is 0. The van der Waals surface area contributed by atoms with Gasteiger partial charge in [0.15, 0.2) is 6.21 Å². The summed E-state index contributed by atoms with van der Waals surface area (Å²) in [6.07, 6.45) is 3.19. The Labute approximate surface area is 88.5 Å². The van der Waals surface area contributed by atoms with Crippen LogP contribution in [-0.4, -0.2) is 17.7 Å². The topological polar surface area (TPSA) is 29.8 Å². The maximum absolute atomic E-state index is 3.40. The van der Waals surface area contributed by atoms with E-state index in [1.54, 1.807) is 0 Å². The monoisotopic (exact) mass is 206 g/mol. The van der Waals surface area contributed by atoms with Gasteiger partial charge in [0.05, 0.1) is 0 Å². The molecule has 0 aliphatic carbocycles. The van der Waals surface area contributed by atoms with Crippen molar-refractivity contribution in [2.24, 2.45) is 0 Å². The number of aromatic nitrogens is 1. The molecule has 0 spiro atoms. The predicted molar refractivity (Wildman–Crippen MR) is 53.0 cm³/mol. The van der Waals surface area contributed by atoms with Crippen LogP contribution < -0.4 is 17.4 Å². The van der Waals surface area contributed by atoms with E-state index >= 15 is 0 Å². The molecular formula is C11H11ClN2. The Morgan fingerprint density at radius 2 is 2.07 bits per heavy atom. The lowest BCUT2D eigenvalue weighted by Gasteiger charge is -1.98. The summed E-state index contributed by atoms with van der Waals surface area (Å²) in [5, 5.41) is 1.37. The van der Waals surface area contributed by atoms with Crippen LogP contribution in [0.3, 0.4) is 0 Å². The lowest BCUT2D eigenvalue weighted by atomic mass is 10.1. The molecule has 0 saturated carbocycles. The zero-order chi connectivity index (χ0) is 8.67. The fourth-order valence-electron chi connectivity index (χ4n) is 1.98. The highest BCUT2D eigenvalue weighted by atomic mass is 35.5. The van der Waals surface area contributed by atoms with E-state index in [-0.39, 0.29) is 12.4 Å². The van der Waals surface area contributed by atoms with Crippen LogP contribution in [0, 0.1) is 0 Å². The molecule has 2 heterocycles. The summed E-state index contributed by atoms with van der Waals surface area (Å²) in [5.41, 5.74) is 3.94. The van der Waals surface area contributed by atoms with Crippen molar-refractivity contribution in [3.63, 3.8) is 0 Å². The van der Waals surface area contributed by atoms with E-state index < -0.39 is 0 Å². The number of nitrogens with one attached hydrogen (secondary N) is 2. The molecule has 14 heavy (non-hydrogen) atoms. The van der Waals surface area contributed by atoms with Gasteiger partial charge < -0.3 is 17.4 Å². The summed E-state index contributed by atoms with van der Waals surface area (Å²) in [6.45, 7) is 1.05. The Morgan fingerprint density at radius 1 is 1.21 bits per heavy atom. The molecule has 1 aromatic carbocycles. The van der Waals surface area contributed by atoms with E-state index in [9.17, 15) is 0 Å². The molecule has 0 atom stereocenters. The second kappa shape index (κ2) is 3.46. The van der Waals surface area contributed by atoms with Gasteiger partial charge in [-0.05, 0) is 11.6 Å². The molecule has 0 saturated heterocycles. The minimum absolute atomic E-state index is 0. The third kappa shape index (κ3) is 1.23. The summed E-state index contributed by atoms with van der Waals surface area (Å²) in [6, 6.07) is 8.47. The van der Waals surface area contributed by atoms with Crippen LogP contribution in [0.25, 0.3) is 10.9 Å². The first-order valence-corrected chi connectivity index (χ1v) is 4.61. The SMILES string of the molecule is C1=[NH+]CCc2c1[nH]c1ccccc21.[Cl-]. The quantitative estimate of drug-likeness (QED) is 0.468. The average Bonchev–Trinajstić information content (AvgIpc) is 2.56. The van der Waals surface area contributed by atoms with Crippen molar-refractivity contribution in [3.05, 3.63) is 35.5 Å². The first kappa shape index (κ1) is 9.28. The highest BCUT2D eigenvalue weighted by molar-refractivity contribution is 5.92. The summed E-state index contributed by atoms with van der Waals surface area (Å²) < 4.78 is 0. The Morgan fingerprint density at radius 3 is 3.00 bits per heavy atom. The van der Waals surface area contributed by atoms with E-state index in [0.717, 1.165) is 13.0 Å². The number of para-hydroxylation sites is 1. The Kier molecular flexibility index (Phi) is 2.30. The molecule has 3 rings (SSSR count). The van der Waals surface area contributed by atoms with Gasteiger partial charge in [-0.25, -0.2) is 4.99 Å². The molecule has 2 nitrogen and oxygen atoms in total. The molecule has 1 aliphatic heterocycles. The summed E-state index contributed by atoms with van der Waals surface area (Å²) in [4.78, 5) is 6.64. The van der Waals surface area contributed by atoms with Crippen LogP contribution in [-0.2, 0) is 6.42 Å². The van der Waals surface area contributed by atoms with Gasteiger partial charge in [0, 0.05) is 17.3 Å². The van der Waals surface area contributed by atoms with Crippen LogP contribution in [0.4, 0.5) is 0 Å². The minimum atomic E-state index is 0. The van der Waals surface area contributed by atoms with Crippen molar-refractivity contribution in [2.75, 3.05) is 6.54 Å². The van der Waals surface area contributed by atoms with Gasteiger partial charge in [-0.2, -0.15) is 0 Å². The molecule has 3 heteroatoms. The van der Waals surface area contributed by atoms with Crippen molar-refractivity contribution in [3.8, 4) is 0 Å². The third-order valence-corrected chi connectivity index (χ3v) is 2.61. The zero-order valence-electron chi connectivity index (χ0n) is 7.68. The first-order valence-electron chi connectivity index (χ1n) is 4.61. The average molecular weight is 207 g/mol. The highest BCUT2D eigenvalue weighted by Crippen LogP contribution is 2.21. The molecule has 72 valence electrons. The summed E-state index contributed by atoms with van der Waals surface area (Å²) in [7, 11) is 0. The van der Waals surface area contributed by atoms with Gasteiger partial charge in [-0.15, -0.1) is 0 Å². The van der Waals surface area contributed by atoms with E-state index in [1.807, 2.05) is 0 Å². The van der Waals surface area contributed by atoms with Crippen LogP contribution in [0.5, 0.6) is 0 Å². The van der Waals surface area contributed by atoms with Gasteiger partial charge >= 0.3 is 0 Å². The van der Waals surface area contributed by atoms with Crippen LogP contribution in [0.15, 0.2) is 24.3 Å².